The molecule has 0 aliphatic carbocycles. The summed E-state index contributed by atoms with van der Waals surface area (Å²) in [5.74, 6) is 0. The quantitative estimate of drug-likeness (QED) is 0.130. The second kappa shape index (κ2) is 19.3. The van der Waals surface area contributed by atoms with Crippen LogP contribution in [-0.2, 0) is 0 Å². The summed E-state index contributed by atoms with van der Waals surface area (Å²) in [6, 6.07) is 100. The number of fused-ring (bicyclic) bond motifs is 3. The van der Waals surface area contributed by atoms with E-state index in [-0.39, 0.29) is 0 Å². The predicted octanol–water partition coefficient (Wildman–Crippen LogP) is 18.1. The Morgan fingerprint density at radius 3 is 1.01 bits per heavy atom. The van der Waals surface area contributed by atoms with E-state index in [2.05, 4.69) is 245 Å². The normalized spacial score (nSPS) is 11.0. The first-order chi connectivity index (χ1) is 36.1. The molecule has 0 atom stereocenters. The van der Waals surface area contributed by atoms with Crippen molar-refractivity contribution in [3.8, 4) is 62.3 Å². The Hall–Kier alpha value is -10.2. The maximum atomic E-state index is 9.73. The van der Waals surface area contributed by atoms with Crippen LogP contribution in [0, 0.1) is 22.7 Å². The van der Waals surface area contributed by atoms with Crippen LogP contribution < -0.4 is 9.80 Å². The van der Waals surface area contributed by atoms with Crippen LogP contribution in [0.15, 0.2) is 273 Å². The molecule has 0 radical (unpaired) electrons. The highest BCUT2D eigenvalue weighted by Gasteiger charge is 2.22. The second-order valence-electron chi connectivity index (χ2n) is 18.0. The Labute approximate surface area is 425 Å². The molecule has 12 aromatic rings. The molecule has 0 N–H and O–H groups in total. The summed E-state index contributed by atoms with van der Waals surface area (Å²) in [5, 5.41) is 21.7. The number of nitrogens with zero attached hydrogens (tertiary/aromatic N) is 5. The zero-order valence-corrected chi connectivity index (χ0v) is 39.7. The van der Waals surface area contributed by atoms with Crippen molar-refractivity contribution < 1.29 is 0 Å². The Morgan fingerprint density at radius 1 is 0.288 bits per heavy atom. The zero-order chi connectivity index (χ0) is 49.1. The molecule has 0 spiro atoms. The molecule has 1 heterocycles. The Morgan fingerprint density at radius 2 is 0.644 bits per heavy atom. The van der Waals surface area contributed by atoms with Gasteiger partial charge in [-0.15, -0.1) is 0 Å². The van der Waals surface area contributed by atoms with Crippen LogP contribution in [0.1, 0.15) is 11.1 Å². The number of hydrogen-bond acceptors (Lipinski definition) is 4. The van der Waals surface area contributed by atoms with Gasteiger partial charge in [0.1, 0.15) is 0 Å². The average molecular weight is 932 g/mol. The topological polar surface area (TPSA) is 59.0 Å². The van der Waals surface area contributed by atoms with Gasteiger partial charge in [0.05, 0.1) is 34.3 Å². The Kier molecular flexibility index (Phi) is 11.6. The maximum absolute atomic E-state index is 9.73. The maximum Gasteiger partial charge on any atom is 0.0991 e. The van der Waals surface area contributed by atoms with E-state index in [4.69, 9.17) is 0 Å². The minimum absolute atomic E-state index is 0.607. The molecule has 0 aliphatic rings. The van der Waals surface area contributed by atoms with Crippen molar-refractivity contribution in [1.29, 1.82) is 10.5 Å². The van der Waals surface area contributed by atoms with Crippen molar-refractivity contribution in [1.82, 2.24) is 4.57 Å². The van der Waals surface area contributed by atoms with Gasteiger partial charge in [0.15, 0.2) is 0 Å². The summed E-state index contributed by atoms with van der Waals surface area (Å²) in [5.41, 5.74) is 19.2. The van der Waals surface area contributed by atoms with E-state index in [1.807, 2.05) is 54.6 Å². The molecule has 5 heteroatoms. The van der Waals surface area contributed by atoms with Crippen LogP contribution in [0.25, 0.3) is 72.0 Å². The average Bonchev–Trinajstić information content (AvgIpc) is 3.79. The molecule has 0 amide bonds. The van der Waals surface area contributed by atoms with Crippen LogP contribution in [0.2, 0.25) is 0 Å². The fourth-order valence-electron chi connectivity index (χ4n) is 10.2. The molecule has 5 nitrogen and oxygen atoms in total. The monoisotopic (exact) mass is 931 g/mol. The van der Waals surface area contributed by atoms with Gasteiger partial charge in [-0.25, -0.2) is 0 Å². The number of rotatable bonds is 11. The van der Waals surface area contributed by atoms with Crippen LogP contribution in [0.4, 0.5) is 34.1 Å². The van der Waals surface area contributed by atoms with Crippen LogP contribution in [0.5, 0.6) is 0 Å². The molecule has 0 aliphatic heterocycles. The number of aromatic nitrogens is 1. The van der Waals surface area contributed by atoms with E-state index in [1.165, 1.54) is 0 Å². The first-order valence-electron chi connectivity index (χ1n) is 24.4. The van der Waals surface area contributed by atoms with E-state index in [0.29, 0.717) is 11.1 Å². The van der Waals surface area contributed by atoms with Crippen LogP contribution >= 0.6 is 0 Å². The fraction of sp³-hybridized carbons (Fsp3) is 0. The van der Waals surface area contributed by atoms with E-state index in [0.717, 1.165) is 106 Å². The molecule has 73 heavy (non-hydrogen) atoms. The molecule has 0 bridgehead atoms. The molecule has 1 aromatic heterocycles. The molecular formula is C68H45N5. The van der Waals surface area contributed by atoms with Gasteiger partial charge in [0, 0.05) is 50.6 Å². The van der Waals surface area contributed by atoms with Crippen molar-refractivity contribution in [2.24, 2.45) is 0 Å². The third-order valence-corrected chi connectivity index (χ3v) is 13.6. The van der Waals surface area contributed by atoms with Gasteiger partial charge in [0.25, 0.3) is 0 Å². The number of benzene rings is 11. The van der Waals surface area contributed by atoms with Gasteiger partial charge >= 0.3 is 0 Å². The van der Waals surface area contributed by atoms with Crippen molar-refractivity contribution in [2.45, 2.75) is 0 Å². The van der Waals surface area contributed by atoms with Crippen LogP contribution in [-0.4, -0.2) is 4.57 Å². The number of para-hydroxylation sites is 4. The summed E-state index contributed by atoms with van der Waals surface area (Å²) < 4.78 is 2.38. The largest absolute Gasteiger partial charge is 0.310 e. The highest BCUT2D eigenvalue weighted by atomic mass is 15.1. The van der Waals surface area contributed by atoms with Gasteiger partial charge < -0.3 is 14.4 Å². The molecule has 11 aromatic carbocycles. The van der Waals surface area contributed by atoms with Gasteiger partial charge in [-0.2, -0.15) is 10.5 Å². The lowest BCUT2D eigenvalue weighted by Gasteiger charge is -2.26. The summed E-state index contributed by atoms with van der Waals surface area (Å²) >= 11 is 0. The summed E-state index contributed by atoms with van der Waals surface area (Å²) in [4.78, 5) is 4.64. The zero-order valence-electron chi connectivity index (χ0n) is 39.7. The minimum atomic E-state index is 0.607. The SMILES string of the molecule is N#Cc1ccc(-c2cc(-c3ccc(-n4c5ccc(N(c6ccccc6)c6ccccc6)cc5c5cc(N(c6ccccc6)c6ccccc6)ccc54)cc3)cc(-c3ccc(C#N)cc3)c2-c2ccccc2)cc1. The van der Waals surface area contributed by atoms with Gasteiger partial charge in [0.2, 0.25) is 0 Å². The summed E-state index contributed by atoms with van der Waals surface area (Å²) in [7, 11) is 0. The Bertz CT molecular complexity index is 3690. The van der Waals surface area contributed by atoms with E-state index in [1.54, 1.807) is 0 Å². The number of hydrogen-bond donors (Lipinski definition) is 0. The standard InChI is InChI=1S/C68H45N5/c69-46-48-26-30-51(31-27-48)62-42-54(43-63(52-32-28-49(47-70)29-33-52)68(62)53-16-6-1-7-17-53)50-34-36-59(37-35-50)73-66-40-38-60(71(55-18-8-2-9-19-55)56-20-10-3-11-21-56)44-64(66)65-45-61(39-41-67(65)73)72(57-22-12-4-13-23-57)58-24-14-5-15-25-58/h1-45H. The third-order valence-electron chi connectivity index (χ3n) is 13.6. The van der Waals surface area contributed by atoms with Gasteiger partial charge in [-0.1, -0.05) is 140 Å². The van der Waals surface area contributed by atoms with Crippen molar-refractivity contribution in [2.75, 3.05) is 9.80 Å². The highest BCUT2D eigenvalue weighted by Crippen LogP contribution is 2.46. The van der Waals surface area contributed by atoms with E-state index < -0.39 is 0 Å². The lowest BCUT2D eigenvalue weighted by Crippen LogP contribution is -2.09. The van der Waals surface area contributed by atoms with Gasteiger partial charge in [-0.3, -0.25) is 0 Å². The molecule has 342 valence electrons. The van der Waals surface area contributed by atoms with Crippen molar-refractivity contribution >= 4 is 55.9 Å². The first kappa shape index (κ1) is 44.0. The van der Waals surface area contributed by atoms with Crippen molar-refractivity contribution in [3.63, 3.8) is 0 Å². The van der Waals surface area contributed by atoms with Gasteiger partial charge in [-0.05, 0) is 178 Å². The molecule has 12 rings (SSSR count). The molecular weight excluding hydrogens is 887 g/mol. The summed E-state index contributed by atoms with van der Waals surface area (Å²) in [6.45, 7) is 0. The predicted molar refractivity (Wildman–Crippen MR) is 301 cm³/mol. The molecule has 0 fully saturated rings. The highest BCUT2D eigenvalue weighted by molar-refractivity contribution is 6.12. The third kappa shape index (κ3) is 8.44. The number of nitriles is 2. The molecule has 0 saturated heterocycles. The number of anilines is 6. The smallest absolute Gasteiger partial charge is 0.0991 e. The summed E-state index contributed by atoms with van der Waals surface area (Å²) in [6.07, 6.45) is 0. The fourth-order valence-corrected chi connectivity index (χ4v) is 10.2. The second-order valence-corrected chi connectivity index (χ2v) is 18.0. The first-order valence-corrected chi connectivity index (χ1v) is 24.4. The van der Waals surface area contributed by atoms with Crippen LogP contribution in [0.3, 0.4) is 0 Å². The minimum Gasteiger partial charge on any atom is -0.310 e. The Balaban J connectivity index is 1.05. The van der Waals surface area contributed by atoms with Crippen molar-refractivity contribution in [3.05, 3.63) is 284 Å². The molecule has 0 unspecified atom stereocenters. The van der Waals surface area contributed by atoms with E-state index in [9.17, 15) is 10.5 Å². The molecule has 0 saturated carbocycles. The lowest BCUT2D eigenvalue weighted by atomic mass is 9.84. The van der Waals surface area contributed by atoms with E-state index >= 15 is 0 Å². The lowest BCUT2D eigenvalue weighted by molar-refractivity contribution is 1.18.